The van der Waals surface area contributed by atoms with E-state index in [4.69, 9.17) is 10.2 Å². The molecule has 0 aliphatic carbocycles. The fourth-order valence-electron chi connectivity index (χ4n) is 0.886. The third-order valence-electron chi connectivity index (χ3n) is 1.51. The van der Waals surface area contributed by atoms with Gasteiger partial charge in [0.2, 0.25) is 5.91 Å². The number of hydrogen-bond donors (Lipinski definition) is 4. The molecule has 5 nitrogen and oxygen atoms in total. The molecule has 84 valence electrons. The smallest absolute Gasteiger partial charge is 0.234 e. The van der Waals surface area contributed by atoms with Gasteiger partial charge >= 0.3 is 0 Å². The summed E-state index contributed by atoms with van der Waals surface area (Å²) in [6.07, 6.45) is 0. The minimum Gasteiger partial charge on any atom is -0.395 e. The molecule has 0 atom stereocenters. The van der Waals surface area contributed by atoms with Crippen LogP contribution in [0, 0.1) is 0 Å². The standard InChI is InChI=1S/C9H20N2O3/c1-9(2,3)11-8(14)4-10-7(5-12)6-13/h7,10,12-13H,4-6H2,1-3H3,(H,11,14). The summed E-state index contributed by atoms with van der Waals surface area (Å²) in [4.78, 5) is 11.3. The first-order chi connectivity index (χ1) is 6.39. The van der Waals surface area contributed by atoms with E-state index in [1.165, 1.54) is 0 Å². The highest BCUT2D eigenvalue weighted by Crippen LogP contribution is 1.97. The van der Waals surface area contributed by atoms with Crippen LogP contribution < -0.4 is 10.6 Å². The van der Waals surface area contributed by atoms with E-state index in [9.17, 15) is 4.79 Å². The summed E-state index contributed by atoms with van der Waals surface area (Å²) in [6.45, 7) is 5.41. The number of amides is 1. The normalized spacial score (nSPS) is 11.9. The van der Waals surface area contributed by atoms with Gasteiger partial charge in [0.25, 0.3) is 0 Å². The van der Waals surface area contributed by atoms with Gasteiger partial charge in [-0.3, -0.25) is 4.79 Å². The molecule has 14 heavy (non-hydrogen) atoms. The lowest BCUT2D eigenvalue weighted by Gasteiger charge is -2.21. The van der Waals surface area contributed by atoms with Crippen LogP contribution in [0.15, 0.2) is 0 Å². The SMILES string of the molecule is CC(C)(C)NC(=O)CNC(CO)CO. The van der Waals surface area contributed by atoms with Crippen molar-refractivity contribution in [3.8, 4) is 0 Å². The summed E-state index contributed by atoms with van der Waals surface area (Å²) in [5.41, 5.74) is -0.257. The van der Waals surface area contributed by atoms with Crippen LogP contribution >= 0.6 is 0 Å². The fraction of sp³-hybridized carbons (Fsp3) is 0.889. The molecule has 5 heteroatoms. The lowest BCUT2D eigenvalue weighted by molar-refractivity contribution is -0.121. The fourth-order valence-corrected chi connectivity index (χ4v) is 0.886. The molecule has 0 aromatic heterocycles. The van der Waals surface area contributed by atoms with Crippen molar-refractivity contribution in [1.29, 1.82) is 0 Å². The average molecular weight is 204 g/mol. The Hall–Kier alpha value is -0.650. The lowest BCUT2D eigenvalue weighted by Crippen LogP contribution is -2.48. The molecule has 0 aliphatic rings. The van der Waals surface area contributed by atoms with E-state index < -0.39 is 6.04 Å². The number of rotatable bonds is 5. The molecule has 0 aliphatic heterocycles. The molecule has 0 saturated heterocycles. The predicted octanol–water partition coefficient (Wildman–Crippen LogP) is -1.16. The van der Waals surface area contributed by atoms with E-state index >= 15 is 0 Å². The van der Waals surface area contributed by atoms with Crippen molar-refractivity contribution in [2.75, 3.05) is 19.8 Å². The Morgan fingerprint density at radius 1 is 1.29 bits per heavy atom. The summed E-state index contributed by atoms with van der Waals surface area (Å²) >= 11 is 0. The molecule has 0 unspecified atom stereocenters. The van der Waals surface area contributed by atoms with Crippen LogP contribution in [0.25, 0.3) is 0 Å². The van der Waals surface area contributed by atoms with Gasteiger partial charge in [0.05, 0.1) is 25.8 Å². The predicted molar refractivity (Wildman–Crippen MR) is 53.9 cm³/mol. The maximum atomic E-state index is 11.3. The zero-order valence-electron chi connectivity index (χ0n) is 9.00. The molecule has 0 spiro atoms. The molecule has 1 amide bonds. The zero-order chi connectivity index (χ0) is 11.2. The summed E-state index contributed by atoms with van der Waals surface area (Å²) in [5.74, 6) is -0.149. The van der Waals surface area contributed by atoms with Crippen LogP contribution in [0.5, 0.6) is 0 Å². The highest BCUT2D eigenvalue weighted by atomic mass is 16.3. The van der Waals surface area contributed by atoms with E-state index in [1.807, 2.05) is 20.8 Å². The first kappa shape index (κ1) is 13.4. The zero-order valence-corrected chi connectivity index (χ0v) is 9.00. The van der Waals surface area contributed by atoms with Crippen molar-refractivity contribution >= 4 is 5.91 Å². The second-order valence-electron chi connectivity index (χ2n) is 4.24. The minimum absolute atomic E-state index is 0.100. The molecule has 0 aromatic carbocycles. The van der Waals surface area contributed by atoms with Crippen molar-refractivity contribution in [1.82, 2.24) is 10.6 Å². The number of hydrogen-bond acceptors (Lipinski definition) is 4. The van der Waals surface area contributed by atoms with Crippen molar-refractivity contribution in [3.05, 3.63) is 0 Å². The van der Waals surface area contributed by atoms with Gasteiger partial charge in [-0.1, -0.05) is 0 Å². The van der Waals surface area contributed by atoms with Crippen molar-refractivity contribution in [3.63, 3.8) is 0 Å². The summed E-state index contributed by atoms with van der Waals surface area (Å²) in [6, 6.07) is -0.430. The quantitative estimate of drug-likeness (QED) is 0.455. The maximum Gasteiger partial charge on any atom is 0.234 e. The van der Waals surface area contributed by atoms with E-state index in [1.54, 1.807) is 0 Å². The minimum atomic E-state index is -0.430. The first-order valence-electron chi connectivity index (χ1n) is 4.65. The van der Waals surface area contributed by atoms with Crippen LogP contribution in [0.3, 0.4) is 0 Å². The first-order valence-corrected chi connectivity index (χ1v) is 4.65. The maximum absolute atomic E-state index is 11.3. The van der Waals surface area contributed by atoms with Gasteiger partial charge in [-0.15, -0.1) is 0 Å². The van der Waals surface area contributed by atoms with Crippen LogP contribution in [-0.4, -0.2) is 47.5 Å². The third-order valence-corrected chi connectivity index (χ3v) is 1.51. The molecule has 0 bridgehead atoms. The van der Waals surface area contributed by atoms with E-state index in [0.29, 0.717) is 0 Å². The molecular weight excluding hydrogens is 184 g/mol. The van der Waals surface area contributed by atoms with Crippen LogP contribution in [0.2, 0.25) is 0 Å². The van der Waals surface area contributed by atoms with Gasteiger partial charge in [0, 0.05) is 5.54 Å². The van der Waals surface area contributed by atoms with Gasteiger partial charge in [0.15, 0.2) is 0 Å². The van der Waals surface area contributed by atoms with Gasteiger partial charge < -0.3 is 20.8 Å². The highest BCUT2D eigenvalue weighted by molar-refractivity contribution is 5.78. The molecule has 0 rings (SSSR count). The van der Waals surface area contributed by atoms with Gasteiger partial charge in [0.1, 0.15) is 0 Å². The van der Waals surface area contributed by atoms with Crippen LogP contribution in [-0.2, 0) is 4.79 Å². The number of carbonyl (C=O) groups excluding carboxylic acids is 1. The number of nitrogens with one attached hydrogen (secondary N) is 2. The van der Waals surface area contributed by atoms with E-state index in [2.05, 4.69) is 10.6 Å². The Kier molecular flexibility index (Phi) is 5.68. The Balaban J connectivity index is 3.74. The van der Waals surface area contributed by atoms with Gasteiger partial charge in [-0.2, -0.15) is 0 Å². The average Bonchev–Trinajstić information content (AvgIpc) is 2.03. The third kappa shape index (κ3) is 6.82. The Bertz CT molecular complexity index is 173. The Labute approximate surface area is 84.5 Å². The Morgan fingerprint density at radius 3 is 2.14 bits per heavy atom. The lowest BCUT2D eigenvalue weighted by atomic mass is 10.1. The molecule has 0 saturated carbocycles. The van der Waals surface area contributed by atoms with Gasteiger partial charge in [-0.05, 0) is 20.8 Å². The van der Waals surface area contributed by atoms with E-state index in [-0.39, 0.29) is 31.2 Å². The van der Waals surface area contributed by atoms with Crippen molar-refractivity contribution in [2.24, 2.45) is 0 Å². The number of aliphatic hydroxyl groups excluding tert-OH is 2. The summed E-state index contributed by atoms with van der Waals surface area (Å²) in [7, 11) is 0. The molecule has 0 heterocycles. The topological polar surface area (TPSA) is 81.6 Å². The summed E-state index contributed by atoms with van der Waals surface area (Å²) in [5, 5.41) is 22.9. The van der Waals surface area contributed by atoms with Crippen LogP contribution in [0.4, 0.5) is 0 Å². The second kappa shape index (κ2) is 5.95. The van der Waals surface area contributed by atoms with Crippen LogP contribution in [0.1, 0.15) is 20.8 Å². The monoisotopic (exact) mass is 204 g/mol. The molecule has 0 aromatic rings. The second-order valence-corrected chi connectivity index (χ2v) is 4.24. The molecule has 4 N–H and O–H groups in total. The molecule has 0 fully saturated rings. The highest BCUT2D eigenvalue weighted by Gasteiger charge is 2.14. The molecular formula is C9H20N2O3. The largest absolute Gasteiger partial charge is 0.395 e. The Morgan fingerprint density at radius 2 is 1.79 bits per heavy atom. The van der Waals surface area contributed by atoms with Gasteiger partial charge in [-0.25, -0.2) is 0 Å². The van der Waals surface area contributed by atoms with E-state index in [0.717, 1.165) is 0 Å². The van der Waals surface area contributed by atoms with Crippen molar-refractivity contribution < 1.29 is 15.0 Å². The number of carbonyl (C=O) groups is 1. The number of aliphatic hydroxyl groups is 2. The van der Waals surface area contributed by atoms with Crippen molar-refractivity contribution in [2.45, 2.75) is 32.4 Å². The molecule has 0 radical (unpaired) electrons. The summed E-state index contributed by atoms with van der Waals surface area (Å²) < 4.78 is 0.